The van der Waals surface area contributed by atoms with Crippen LogP contribution in [0.2, 0.25) is 0 Å². The molecule has 0 fully saturated rings. The van der Waals surface area contributed by atoms with E-state index in [1.54, 1.807) is 0 Å². The molecule has 5 nitrogen and oxygen atoms in total. The van der Waals surface area contributed by atoms with Gasteiger partial charge in [0.05, 0.1) is 23.9 Å². The third kappa shape index (κ3) is 2.85. The summed E-state index contributed by atoms with van der Waals surface area (Å²) in [7, 11) is -2.22. The zero-order chi connectivity index (χ0) is 16.8. The molecule has 0 radical (unpaired) electrons. The number of fused-ring (bicyclic) bond motifs is 3. The van der Waals surface area contributed by atoms with Gasteiger partial charge in [0.1, 0.15) is 5.82 Å². The van der Waals surface area contributed by atoms with Gasteiger partial charge in [-0.25, -0.2) is 12.8 Å². The summed E-state index contributed by atoms with van der Waals surface area (Å²) in [5.41, 5.74) is 2.16. The predicted molar refractivity (Wildman–Crippen MR) is 83.7 cm³/mol. The lowest BCUT2D eigenvalue weighted by Gasteiger charge is -2.21. The molecule has 0 saturated heterocycles. The molecule has 0 aliphatic heterocycles. The van der Waals surface area contributed by atoms with Crippen LogP contribution >= 0.6 is 0 Å². The molecule has 1 aliphatic carbocycles. The molecule has 124 valence electrons. The van der Waals surface area contributed by atoms with E-state index in [1.165, 1.54) is 13.2 Å². The van der Waals surface area contributed by atoms with Crippen LogP contribution in [0.1, 0.15) is 36.4 Å². The minimum Gasteiger partial charge on any atom is -0.469 e. The zero-order valence-electron chi connectivity index (χ0n) is 13.0. The van der Waals surface area contributed by atoms with E-state index in [4.69, 9.17) is 4.74 Å². The molecule has 1 aromatic carbocycles. The number of hydrogen-bond donors (Lipinski definition) is 1. The molecular formula is C16H18FNO4S. The number of halogens is 1. The van der Waals surface area contributed by atoms with Crippen molar-refractivity contribution in [1.29, 1.82) is 0 Å². The molecule has 3 rings (SSSR count). The molecule has 1 aromatic heterocycles. The number of aryl methyl sites for hydroxylation is 1. The molecule has 0 saturated carbocycles. The van der Waals surface area contributed by atoms with Crippen LogP contribution in [0.5, 0.6) is 0 Å². The van der Waals surface area contributed by atoms with Gasteiger partial charge < -0.3 is 9.72 Å². The molecular weight excluding hydrogens is 321 g/mol. The smallest absolute Gasteiger partial charge is 0.306 e. The molecule has 0 spiro atoms. The fourth-order valence-corrected chi connectivity index (χ4v) is 4.23. The standard InChI is InChI=1S/C16H18FNO4S/c1-22-14(19)6-9-4-3-5-11-12-7-10(17)8-13(23(2,20)21)16(12)18-15(9)11/h7-9,18H,3-6H2,1-2H3. The van der Waals surface area contributed by atoms with Gasteiger partial charge >= 0.3 is 5.97 Å². The van der Waals surface area contributed by atoms with Crippen molar-refractivity contribution in [3.05, 3.63) is 29.2 Å². The van der Waals surface area contributed by atoms with Gasteiger partial charge in [-0.15, -0.1) is 0 Å². The molecule has 23 heavy (non-hydrogen) atoms. The van der Waals surface area contributed by atoms with Crippen molar-refractivity contribution >= 4 is 26.7 Å². The number of carbonyl (C=O) groups excluding carboxylic acids is 1. The Morgan fingerprint density at radius 2 is 2.17 bits per heavy atom. The average molecular weight is 339 g/mol. The third-order valence-corrected chi connectivity index (χ3v) is 5.53. The normalized spacial score (nSPS) is 18.0. The summed E-state index contributed by atoms with van der Waals surface area (Å²) in [5.74, 6) is -0.945. The van der Waals surface area contributed by atoms with Crippen LogP contribution in [-0.2, 0) is 25.8 Å². The number of H-pyrrole nitrogens is 1. The van der Waals surface area contributed by atoms with Crippen molar-refractivity contribution in [1.82, 2.24) is 4.98 Å². The monoisotopic (exact) mass is 339 g/mol. The minimum absolute atomic E-state index is 0.0429. The molecule has 1 N–H and O–H groups in total. The zero-order valence-corrected chi connectivity index (χ0v) is 13.8. The highest BCUT2D eigenvalue weighted by Gasteiger charge is 2.28. The lowest BCUT2D eigenvalue weighted by atomic mass is 9.85. The summed E-state index contributed by atoms with van der Waals surface area (Å²) in [6, 6.07) is 2.40. The van der Waals surface area contributed by atoms with E-state index in [0.717, 1.165) is 42.8 Å². The first-order valence-corrected chi connectivity index (χ1v) is 9.31. The van der Waals surface area contributed by atoms with Crippen LogP contribution < -0.4 is 0 Å². The number of sulfone groups is 1. The Morgan fingerprint density at radius 3 is 2.83 bits per heavy atom. The summed E-state index contributed by atoms with van der Waals surface area (Å²) in [6.45, 7) is 0. The van der Waals surface area contributed by atoms with E-state index in [2.05, 4.69) is 4.98 Å². The number of carbonyl (C=O) groups is 1. The number of aromatic amines is 1. The van der Waals surface area contributed by atoms with E-state index in [1.807, 2.05) is 0 Å². The van der Waals surface area contributed by atoms with Crippen molar-refractivity contribution in [3.63, 3.8) is 0 Å². The van der Waals surface area contributed by atoms with Crippen molar-refractivity contribution in [2.45, 2.75) is 36.5 Å². The predicted octanol–water partition coefficient (Wildman–Crippen LogP) is 2.69. The number of ether oxygens (including phenoxy) is 1. The lowest BCUT2D eigenvalue weighted by molar-refractivity contribution is -0.141. The molecule has 2 aromatic rings. The molecule has 0 amide bonds. The van der Waals surface area contributed by atoms with Crippen molar-refractivity contribution in [2.75, 3.05) is 13.4 Å². The van der Waals surface area contributed by atoms with Gasteiger partial charge in [-0.2, -0.15) is 0 Å². The van der Waals surface area contributed by atoms with Gasteiger partial charge in [-0.1, -0.05) is 0 Å². The van der Waals surface area contributed by atoms with Gasteiger partial charge in [0.2, 0.25) is 0 Å². The van der Waals surface area contributed by atoms with Crippen LogP contribution in [0.25, 0.3) is 10.9 Å². The summed E-state index contributed by atoms with van der Waals surface area (Å²) in [5, 5.41) is 0.593. The van der Waals surface area contributed by atoms with E-state index in [-0.39, 0.29) is 23.2 Å². The second kappa shape index (κ2) is 5.63. The average Bonchev–Trinajstić information content (AvgIpc) is 2.85. The summed E-state index contributed by atoms with van der Waals surface area (Å²) >= 11 is 0. The second-order valence-corrected chi connectivity index (χ2v) is 7.97. The Kier molecular flexibility index (Phi) is 3.91. The van der Waals surface area contributed by atoms with Gasteiger partial charge in [0.25, 0.3) is 0 Å². The first-order valence-electron chi connectivity index (χ1n) is 7.42. The number of methoxy groups -OCH3 is 1. The van der Waals surface area contributed by atoms with Crippen LogP contribution in [0.3, 0.4) is 0 Å². The summed E-state index contributed by atoms with van der Waals surface area (Å²) in [4.78, 5) is 14.7. The molecule has 0 bridgehead atoms. The van der Waals surface area contributed by atoms with Crippen molar-refractivity contribution in [2.24, 2.45) is 0 Å². The van der Waals surface area contributed by atoms with Crippen LogP contribution in [0.15, 0.2) is 17.0 Å². The van der Waals surface area contributed by atoms with Gasteiger partial charge in [0.15, 0.2) is 9.84 Å². The lowest BCUT2D eigenvalue weighted by Crippen LogP contribution is -2.14. The Bertz CT molecular complexity index is 885. The van der Waals surface area contributed by atoms with Crippen LogP contribution in [0, 0.1) is 5.82 Å². The second-order valence-electron chi connectivity index (χ2n) is 5.99. The summed E-state index contributed by atoms with van der Waals surface area (Å²) < 4.78 is 42.5. The largest absolute Gasteiger partial charge is 0.469 e. The Morgan fingerprint density at radius 1 is 1.43 bits per heavy atom. The van der Waals surface area contributed by atoms with Crippen LogP contribution in [-0.4, -0.2) is 32.7 Å². The van der Waals surface area contributed by atoms with E-state index in [9.17, 15) is 17.6 Å². The molecule has 1 atom stereocenters. The number of esters is 1. The number of rotatable bonds is 3. The highest BCUT2D eigenvalue weighted by molar-refractivity contribution is 7.91. The van der Waals surface area contributed by atoms with E-state index in [0.29, 0.717) is 10.9 Å². The maximum absolute atomic E-state index is 13.9. The van der Waals surface area contributed by atoms with Crippen molar-refractivity contribution < 1.29 is 22.3 Å². The highest BCUT2D eigenvalue weighted by Crippen LogP contribution is 2.39. The fourth-order valence-electron chi connectivity index (χ4n) is 3.37. The van der Waals surface area contributed by atoms with Gasteiger partial charge in [-0.3, -0.25) is 4.79 Å². The van der Waals surface area contributed by atoms with Crippen molar-refractivity contribution in [3.8, 4) is 0 Å². The summed E-state index contributed by atoms with van der Waals surface area (Å²) in [6.07, 6.45) is 3.71. The topological polar surface area (TPSA) is 76.2 Å². The van der Waals surface area contributed by atoms with Crippen LogP contribution in [0.4, 0.5) is 4.39 Å². The number of hydrogen-bond acceptors (Lipinski definition) is 4. The van der Waals surface area contributed by atoms with E-state index >= 15 is 0 Å². The first-order chi connectivity index (χ1) is 10.8. The Balaban J connectivity index is 2.21. The number of aromatic nitrogens is 1. The maximum atomic E-state index is 13.9. The Hall–Kier alpha value is -1.89. The maximum Gasteiger partial charge on any atom is 0.306 e. The Labute approximate surface area is 133 Å². The number of nitrogens with one attached hydrogen (secondary N) is 1. The molecule has 1 heterocycles. The molecule has 1 unspecified atom stereocenters. The number of benzene rings is 1. The SMILES string of the molecule is COC(=O)CC1CCCc2c1[nH]c1c(S(C)(=O)=O)cc(F)cc21. The fraction of sp³-hybridized carbons (Fsp3) is 0.438. The van der Waals surface area contributed by atoms with Gasteiger partial charge in [-0.05, 0) is 37.0 Å². The minimum atomic E-state index is -3.56. The molecule has 7 heteroatoms. The van der Waals surface area contributed by atoms with Gasteiger partial charge in [0, 0.05) is 23.3 Å². The first kappa shape index (κ1) is 16.0. The third-order valence-electron chi connectivity index (χ3n) is 4.40. The quantitative estimate of drug-likeness (QED) is 0.872. The molecule has 1 aliphatic rings. The van der Waals surface area contributed by atoms with E-state index < -0.39 is 15.7 Å². The highest BCUT2D eigenvalue weighted by atomic mass is 32.2.